The van der Waals surface area contributed by atoms with E-state index in [2.05, 4.69) is 5.32 Å². The van der Waals surface area contributed by atoms with Crippen molar-refractivity contribution in [1.29, 1.82) is 0 Å². The average Bonchev–Trinajstić information content (AvgIpc) is 2.72. The maximum Gasteiger partial charge on any atom is 0.306 e. The number of aliphatic carboxylic acids is 1. The molecule has 1 saturated carbocycles. The number of hydrogen-bond donors (Lipinski definition) is 3. The van der Waals surface area contributed by atoms with Crippen molar-refractivity contribution in [2.75, 3.05) is 6.54 Å². The van der Waals surface area contributed by atoms with Crippen LogP contribution in [0, 0.1) is 17.3 Å². The number of carboxylic acids is 1. The van der Waals surface area contributed by atoms with Crippen molar-refractivity contribution in [1.82, 2.24) is 5.32 Å². The van der Waals surface area contributed by atoms with Gasteiger partial charge in [0.15, 0.2) is 0 Å². The van der Waals surface area contributed by atoms with Gasteiger partial charge >= 0.3 is 5.97 Å². The van der Waals surface area contributed by atoms with E-state index in [1.807, 2.05) is 27.7 Å². The number of carboxylic acid groups (broad SMARTS) is 1. The normalized spacial score (nSPS) is 24.3. The minimum atomic E-state index is -0.754. The highest BCUT2D eigenvalue weighted by Crippen LogP contribution is 2.32. The number of amides is 1. The first-order valence-electron chi connectivity index (χ1n) is 6.87. The highest BCUT2D eigenvalue weighted by Gasteiger charge is 2.41. The second-order valence-electron chi connectivity index (χ2n) is 6.69. The quantitative estimate of drug-likeness (QED) is 0.703. The van der Waals surface area contributed by atoms with E-state index in [1.54, 1.807) is 0 Å². The minimum absolute atomic E-state index is 0.0399. The lowest BCUT2D eigenvalue weighted by molar-refractivity contribution is -0.143. The molecule has 0 aromatic heterocycles. The molecule has 0 aromatic carbocycles. The topological polar surface area (TPSA) is 92.4 Å². The highest BCUT2D eigenvalue weighted by atomic mass is 16.4. The van der Waals surface area contributed by atoms with Gasteiger partial charge in [-0.05, 0) is 46.5 Å². The van der Waals surface area contributed by atoms with Crippen molar-refractivity contribution in [3.05, 3.63) is 0 Å². The van der Waals surface area contributed by atoms with Gasteiger partial charge in [-0.25, -0.2) is 0 Å². The fourth-order valence-electron chi connectivity index (χ4n) is 2.34. The molecule has 0 aromatic rings. The third-order valence-corrected chi connectivity index (χ3v) is 4.68. The molecule has 5 nitrogen and oxygen atoms in total. The zero-order valence-electron chi connectivity index (χ0n) is 12.3. The molecule has 2 atom stereocenters. The van der Waals surface area contributed by atoms with E-state index in [-0.39, 0.29) is 17.7 Å². The molecule has 0 heterocycles. The van der Waals surface area contributed by atoms with Crippen LogP contribution in [0.1, 0.15) is 47.0 Å². The molecule has 0 spiro atoms. The fraction of sp³-hybridized carbons (Fsp3) is 0.857. The molecule has 0 aliphatic heterocycles. The van der Waals surface area contributed by atoms with Crippen LogP contribution >= 0.6 is 0 Å². The first kappa shape index (κ1) is 16.0. The number of rotatable bonds is 5. The van der Waals surface area contributed by atoms with Crippen molar-refractivity contribution in [3.8, 4) is 0 Å². The molecule has 110 valence electrons. The van der Waals surface area contributed by atoms with E-state index in [0.29, 0.717) is 13.0 Å². The first-order chi connectivity index (χ1) is 8.57. The van der Waals surface area contributed by atoms with Crippen molar-refractivity contribution in [2.24, 2.45) is 23.0 Å². The third kappa shape index (κ3) is 3.47. The summed E-state index contributed by atoms with van der Waals surface area (Å²) in [4.78, 5) is 23.3. The van der Waals surface area contributed by atoms with Crippen LogP contribution in [-0.2, 0) is 9.59 Å². The Kier molecular flexibility index (Phi) is 4.61. The van der Waals surface area contributed by atoms with Crippen molar-refractivity contribution < 1.29 is 14.7 Å². The summed E-state index contributed by atoms with van der Waals surface area (Å²) in [5, 5.41) is 12.0. The summed E-state index contributed by atoms with van der Waals surface area (Å²) < 4.78 is 0. The van der Waals surface area contributed by atoms with Crippen molar-refractivity contribution >= 4 is 11.9 Å². The lowest BCUT2D eigenvalue weighted by Gasteiger charge is -2.37. The van der Waals surface area contributed by atoms with Crippen LogP contribution in [0.5, 0.6) is 0 Å². The van der Waals surface area contributed by atoms with Gasteiger partial charge in [-0.3, -0.25) is 9.59 Å². The van der Waals surface area contributed by atoms with Crippen LogP contribution in [0.15, 0.2) is 0 Å². The SMILES string of the molecule is CC(C)(N)C(C)(C)C(=O)NCC1CCCC1C(=O)O. The summed E-state index contributed by atoms with van der Waals surface area (Å²) in [5.41, 5.74) is 4.70. The number of hydrogen-bond acceptors (Lipinski definition) is 3. The van der Waals surface area contributed by atoms with Gasteiger partial charge in [0.05, 0.1) is 11.3 Å². The number of nitrogens with one attached hydrogen (secondary N) is 1. The van der Waals surface area contributed by atoms with Crippen LogP contribution in [0.3, 0.4) is 0 Å². The third-order valence-electron chi connectivity index (χ3n) is 4.68. The van der Waals surface area contributed by atoms with Gasteiger partial charge in [0.1, 0.15) is 0 Å². The Bertz CT molecular complexity index is 358. The second-order valence-corrected chi connectivity index (χ2v) is 6.69. The van der Waals surface area contributed by atoms with Gasteiger partial charge in [0, 0.05) is 12.1 Å². The maximum atomic E-state index is 12.2. The molecule has 1 aliphatic carbocycles. The lowest BCUT2D eigenvalue weighted by Crippen LogP contribution is -2.56. The zero-order chi connectivity index (χ0) is 14.8. The van der Waals surface area contributed by atoms with Gasteiger partial charge in [0.2, 0.25) is 5.91 Å². The van der Waals surface area contributed by atoms with E-state index < -0.39 is 16.9 Å². The van der Waals surface area contributed by atoms with Gasteiger partial charge in [-0.1, -0.05) is 6.42 Å². The van der Waals surface area contributed by atoms with Gasteiger partial charge in [-0.2, -0.15) is 0 Å². The average molecular weight is 270 g/mol. The maximum absolute atomic E-state index is 12.2. The molecule has 5 heteroatoms. The predicted octanol–water partition coefficient (Wildman–Crippen LogP) is 1.37. The summed E-state index contributed by atoms with van der Waals surface area (Å²) in [5.74, 6) is -1.15. The second kappa shape index (κ2) is 5.49. The molecular weight excluding hydrogens is 244 g/mol. The monoisotopic (exact) mass is 270 g/mol. The van der Waals surface area contributed by atoms with E-state index in [4.69, 9.17) is 10.8 Å². The molecule has 1 amide bonds. The number of carbonyl (C=O) groups is 2. The smallest absolute Gasteiger partial charge is 0.306 e. The number of carbonyl (C=O) groups excluding carboxylic acids is 1. The van der Waals surface area contributed by atoms with Crippen LogP contribution < -0.4 is 11.1 Å². The molecule has 2 unspecified atom stereocenters. The summed E-state index contributed by atoms with van der Waals surface area (Å²) >= 11 is 0. The lowest BCUT2D eigenvalue weighted by atomic mass is 9.74. The highest BCUT2D eigenvalue weighted by molar-refractivity contribution is 5.83. The summed E-state index contributed by atoms with van der Waals surface area (Å²) in [6, 6.07) is 0. The van der Waals surface area contributed by atoms with Gasteiger partial charge < -0.3 is 16.2 Å². The van der Waals surface area contributed by atoms with E-state index >= 15 is 0 Å². The Hall–Kier alpha value is -1.10. The van der Waals surface area contributed by atoms with Gasteiger partial charge in [0.25, 0.3) is 0 Å². The Balaban J connectivity index is 2.58. The summed E-state index contributed by atoms with van der Waals surface area (Å²) in [7, 11) is 0. The molecule has 4 N–H and O–H groups in total. The summed E-state index contributed by atoms with van der Waals surface area (Å²) in [6.45, 7) is 7.69. The molecule has 1 fully saturated rings. The molecule has 0 radical (unpaired) electrons. The molecule has 0 bridgehead atoms. The van der Waals surface area contributed by atoms with E-state index in [0.717, 1.165) is 12.8 Å². The zero-order valence-corrected chi connectivity index (χ0v) is 12.3. The van der Waals surface area contributed by atoms with Crippen LogP contribution in [-0.4, -0.2) is 29.1 Å². The Labute approximate surface area is 114 Å². The van der Waals surface area contributed by atoms with Crippen molar-refractivity contribution in [3.63, 3.8) is 0 Å². The van der Waals surface area contributed by atoms with Crippen LogP contribution in [0.4, 0.5) is 0 Å². The molecule has 1 rings (SSSR count). The Morgan fingerprint density at radius 1 is 1.26 bits per heavy atom. The number of nitrogens with two attached hydrogens (primary N) is 1. The fourth-order valence-corrected chi connectivity index (χ4v) is 2.34. The molecule has 1 aliphatic rings. The Morgan fingerprint density at radius 2 is 1.84 bits per heavy atom. The minimum Gasteiger partial charge on any atom is -0.481 e. The van der Waals surface area contributed by atoms with E-state index in [1.165, 1.54) is 0 Å². The van der Waals surface area contributed by atoms with E-state index in [9.17, 15) is 9.59 Å². The molecule has 19 heavy (non-hydrogen) atoms. The molecular formula is C14H26N2O3. The predicted molar refractivity (Wildman–Crippen MR) is 73.5 cm³/mol. The molecule has 0 saturated heterocycles. The largest absolute Gasteiger partial charge is 0.481 e. The first-order valence-corrected chi connectivity index (χ1v) is 6.87. The van der Waals surface area contributed by atoms with Gasteiger partial charge in [-0.15, -0.1) is 0 Å². The van der Waals surface area contributed by atoms with Crippen LogP contribution in [0.25, 0.3) is 0 Å². The van der Waals surface area contributed by atoms with Crippen molar-refractivity contribution in [2.45, 2.75) is 52.5 Å². The summed E-state index contributed by atoms with van der Waals surface area (Å²) in [6.07, 6.45) is 2.49. The Morgan fingerprint density at radius 3 is 2.32 bits per heavy atom. The standard InChI is InChI=1S/C14H26N2O3/c1-13(2,14(3,4)15)12(19)16-8-9-6-5-7-10(9)11(17)18/h9-10H,5-8,15H2,1-4H3,(H,16,19)(H,17,18). The van der Waals surface area contributed by atoms with Crippen LogP contribution in [0.2, 0.25) is 0 Å².